The number of benzene rings is 1. The number of rotatable bonds is 6. The summed E-state index contributed by atoms with van der Waals surface area (Å²) in [6, 6.07) is 8.57. The highest BCUT2D eigenvalue weighted by Crippen LogP contribution is 2.21. The zero-order chi connectivity index (χ0) is 12.0. The lowest BCUT2D eigenvalue weighted by Crippen LogP contribution is -2.37. The predicted octanol–water partition coefficient (Wildman–Crippen LogP) is 2.18. The van der Waals surface area contributed by atoms with Crippen LogP contribution in [0.25, 0.3) is 0 Å². The minimum Gasteiger partial charge on any atom is -0.379 e. The maximum atomic E-state index is 5.60. The van der Waals surface area contributed by atoms with E-state index in [1.54, 1.807) is 7.11 Å². The van der Waals surface area contributed by atoms with Gasteiger partial charge in [-0.15, -0.1) is 0 Å². The van der Waals surface area contributed by atoms with E-state index in [-0.39, 0.29) is 12.1 Å². The number of hydrogen-bond acceptors (Lipinski definition) is 3. The number of methoxy groups -OCH3 is 1. The van der Waals surface area contributed by atoms with Gasteiger partial charge in [-0.25, -0.2) is 0 Å². The summed E-state index contributed by atoms with van der Waals surface area (Å²) in [5, 5.41) is 0. The average Bonchev–Trinajstić information content (AvgIpc) is 2.36. The highest BCUT2D eigenvalue weighted by Gasteiger charge is 2.19. The van der Waals surface area contributed by atoms with Gasteiger partial charge < -0.3 is 4.74 Å². The normalized spacial score (nSPS) is 14.8. The third-order valence-electron chi connectivity index (χ3n) is 3.00. The first-order valence-corrected chi connectivity index (χ1v) is 5.84. The summed E-state index contributed by atoms with van der Waals surface area (Å²) in [4.78, 5) is 0. The highest BCUT2D eigenvalue weighted by atomic mass is 16.5. The summed E-state index contributed by atoms with van der Waals surface area (Å²) in [5.74, 6) is 5.60. The molecule has 3 heteroatoms. The van der Waals surface area contributed by atoms with Crippen LogP contribution in [0.5, 0.6) is 0 Å². The topological polar surface area (TPSA) is 47.3 Å². The molecule has 1 rings (SSSR count). The van der Waals surface area contributed by atoms with E-state index < -0.39 is 0 Å². The largest absolute Gasteiger partial charge is 0.379 e. The van der Waals surface area contributed by atoms with Crippen molar-refractivity contribution in [3.05, 3.63) is 35.4 Å². The highest BCUT2D eigenvalue weighted by molar-refractivity contribution is 5.25. The molecule has 1 aromatic carbocycles. The standard InChI is InChI=1S/C13H22N2O/c1-4-10-6-8-11(9-7-10)13(15-14)12(5-2)16-3/h6-9,12-13,15H,4-5,14H2,1-3H3. The lowest BCUT2D eigenvalue weighted by Gasteiger charge is -2.24. The van der Waals surface area contributed by atoms with Crippen LogP contribution in [0.4, 0.5) is 0 Å². The van der Waals surface area contributed by atoms with Crippen molar-refractivity contribution >= 4 is 0 Å². The van der Waals surface area contributed by atoms with Gasteiger partial charge in [0.25, 0.3) is 0 Å². The lowest BCUT2D eigenvalue weighted by atomic mass is 9.98. The molecule has 2 unspecified atom stereocenters. The fourth-order valence-corrected chi connectivity index (χ4v) is 1.92. The van der Waals surface area contributed by atoms with Crippen LogP contribution in [0.15, 0.2) is 24.3 Å². The minimum atomic E-state index is 0.0564. The molecule has 0 fully saturated rings. The van der Waals surface area contributed by atoms with Crippen LogP contribution >= 0.6 is 0 Å². The second kappa shape index (κ2) is 6.63. The van der Waals surface area contributed by atoms with E-state index in [9.17, 15) is 0 Å². The Morgan fingerprint density at radius 3 is 2.25 bits per heavy atom. The van der Waals surface area contributed by atoms with Crippen molar-refractivity contribution in [2.75, 3.05) is 7.11 Å². The SMILES string of the molecule is CCc1ccc(C(NN)C(CC)OC)cc1. The van der Waals surface area contributed by atoms with Crippen LogP contribution in [-0.4, -0.2) is 13.2 Å². The van der Waals surface area contributed by atoms with Gasteiger partial charge in [0.05, 0.1) is 12.1 Å². The molecule has 0 aromatic heterocycles. The molecule has 0 aliphatic carbocycles. The van der Waals surface area contributed by atoms with Crippen LogP contribution < -0.4 is 11.3 Å². The zero-order valence-corrected chi connectivity index (χ0v) is 10.4. The van der Waals surface area contributed by atoms with Crippen molar-refractivity contribution in [3.63, 3.8) is 0 Å². The van der Waals surface area contributed by atoms with Crippen molar-refractivity contribution in [2.24, 2.45) is 5.84 Å². The third kappa shape index (κ3) is 3.04. The molecule has 90 valence electrons. The Morgan fingerprint density at radius 2 is 1.88 bits per heavy atom. The number of aryl methyl sites for hydroxylation is 1. The molecule has 2 atom stereocenters. The number of nitrogens with one attached hydrogen (secondary N) is 1. The van der Waals surface area contributed by atoms with E-state index in [4.69, 9.17) is 10.6 Å². The van der Waals surface area contributed by atoms with Crippen LogP contribution in [-0.2, 0) is 11.2 Å². The molecule has 0 bridgehead atoms. The molecule has 16 heavy (non-hydrogen) atoms. The van der Waals surface area contributed by atoms with E-state index >= 15 is 0 Å². The molecule has 0 spiro atoms. The Kier molecular flexibility index (Phi) is 5.46. The summed E-state index contributed by atoms with van der Waals surface area (Å²) in [5.41, 5.74) is 5.35. The molecule has 0 radical (unpaired) electrons. The first kappa shape index (κ1) is 13.2. The second-order valence-corrected chi connectivity index (χ2v) is 3.92. The van der Waals surface area contributed by atoms with Gasteiger partial charge in [0, 0.05) is 7.11 Å². The quantitative estimate of drug-likeness (QED) is 0.573. The number of hydrogen-bond donors (Lipinski definition) is 2. The van der Waals surface area contributed by atoms with E-state index in [1.807, 2.05) is 0 Å². The van der Waals surface area contributed by atoms with E-state index in [2.05, 4.69) is 43.5 Å². The third-order valence-corrected chi connectivity index (χ3v) is 3.00. The molecule has 0 aliphatic heterocycles. The summed E-state index contributed by atoms with van der Waals surface area (Å²) in [7, 11) is 1.72. The van der Waals surface area contributed by atoms with Gasteiger partial charge >= 0.3 is 0 Å². The fourth-order valence-electron chi connectivity index (χ4n) is 1.92. The van der Waals surface area contributed by atoms with Crippen molar-refractivity contribution in [1.82, 2.24) is 5.43 Å². The molecule has 3 N–H and O–H groups in total. The average molecular weight is 222 g/mol. The fraction of sp³-hybridized carbons (Fsp3) is 0.538. The van der Waals surface area contributed by atoms with Gasteiger partial charge in [0.2, 0.25) is 0 Å². The number of ether oxygens (including phenoxy) is 1. The summed E-state index contributed by atoms with van der Waals surface area (Å²) in [6.07, 6.45) is 2.10. The number of hydrazine groups is 1. The van der Waals surface area contributed by atoms with Crippen LogP contribution in [0, 0.1) is 0 Å². The minimum absolute atomic E-state index is 0.0564. The molecule has 1 aromatic rings. The van der Waals surface area contributed by atoms with Crippen molar-refractivity contribution < 1.29 is 4.74 Å². The first-order chi connectivity index (χ1) is 7.76. The van der Waals surface area contributed by atoms with E-state index in [1.165, 1.54) is 11.1 Å². The molecule has 0 aliphatic rings. The van der Waals surface area contributed by atoms with Gasteiger partial charge in [-0.3, -0.25) is 11.3 Å². The molecule has 0 saturated carbocycles. The Bertz CT molecular complexity index is 293. The van der Waals surface area contributed by atoms with Gasteiger partial charge in [0.15, 0.2) is 0 Å². The van der Waals surface area contributed by atoms with Crippen molar-refractivity contribution in [2.45, 2.75) is 38.8 Å². The second-order valence-electron chi connectivity index (χ2n) is 3.92. The Hall–Kier alpha value is -0.900. The summed E-state index contributed by atoms with van der Waals surface area (Å²) in [6.45, 7) is 4.25. The molecular formula is C13H22N2O. The molecule has 0 saturated heterocycles. The molecule has 0 amide bonds. The maximum Gasteiger partial charge on any atom is 0.0776 e. The monoisotopic (exact) mass is 222 g/mol. The van der Waals surface area contributed by atoms with Crippen LogP contribution in [0.3, 0.4) is 0 Å². The van der Waals surface area contributed by atoms with Crippen LogP contribution in [0.1, 0.15) is 37.4 Å². The maximum absolute atomic E-state index is 5.60. The van der Waals surface area contributed by atoms with Crippen molar-refractivity contribution in [3.8, 4) is 0 Å². The predicted molar refractivity (Wildman–Crippen MR) is 67.0 cm³/mol. The Morgan fingerprint density at radius 1 is 1.25 bits per heavy atom. The molecule has 3 nitrogen and oxygen atoms in total. The summed E-state index contributed by atoms with van der Waals surface area (Å²) >= 11 is 0. The Labute approximate surface area is 98.0 Å². The van der Waals surface area contributed by atoms with Gasteiger partial charge in [-0.2, -0.15) is 0 Å². The first-order valence-electron chi connectivity index (χ1n) is 5.84. The van der Waals surface area contributed by atoms with E-state index in [0.29, 0.717) is 0 Å². The lowest BCUT2D eigenvalue weighted by molar-refractivity contribution is 0.0651. The zero-order valence-electron chi connectivity index (χ0n) is 10.4. The molecule has 0 heterocycles. The van der Waals surface area contributed by atoms with Gasteiger partial charge in [0.1, 0.15) is 0 Å². The summed E-state index contributed by atoms with van der Waals surface area (Å²) < 4.78 is 5.42. The van der Waals surface area contributed by atoms with E-state index in [0.717, 1.165) is 12.8 Å². The number of nitrogens with two attached hydrogens (primary N) is 1. The van der Waals surface area contributed by atoms with Crippen LogP contribution in [0.2, 0.25) is 0 Å². The van der Waals surface area contributed by atoms with Gasteiger partial charge in [-0.1, -0.05) is 38.1 Å². The molecular weight excluding hydrogens is 200 g/mol. The Balaban J connectivity index is 2.85. The van der Waals surface area contributed by atoms with Gasteiger partial charge in [-0.05, 0) is 24.0 Å². The van der Waals surface area contributed by atoms with Crippen molar-refractivity contribution in [1.29, 1.82) is 0 Å². The smallest absolute Gasteiger partial charge is 0.0776 e.